The first kappa shape index (κ1) is 6.87. The molecule has 1 atom stereocenters. The van der Waals surface area contributed by atoms with Gasteiger partial charge in [-0.15, -0.1) is 0 Å². The first-order valence-corrected chi connectivity index (χ1v) is 7.84. The van der Waals surface area contributed by atoms with Gasteiger partial charge in [0.1, 0.15) is 0 Å². The Hall–Kier alpha value is 0.759. The third-order valence-electron chi connectivity index (χ3n) is 1.66. The molecule has 1 unspecified atom stereocenters. The summed E-state index contributed by atoms with van der Waals surface area (Å²) in [5, 5.41) is 3.54. The predicted molar refractivity (Wildman–Crippen MR) is 37.3 cm³/mol. The Kier molecular flexibility index (Phi) is 3.20. The van der Waals surface area contributed by atoms with Gasteiger partial charge < -0.3 is 0 Å². The van der Waals surface area contributed by atoms with Crippen LogP contribution in [0.5, 0.6) is 0 Å². The summed E-state index contributed by atoms with van der Waals surface area (Å²) < 4.78 is 1.01. The van der Waals surface area contributed by atoms with Crippen LogP contribution in [0.25, 0.3) is 0 Å². The molecule has 2 radical (unpaired) electrons. The first-order valence-electron chi connectivity index (χ1n) is 3.34. The SMILES string of the molecule is [CH3][Sn][CH]1CCCCN1. The molecule has 0 aliphatic carbocycles. The second kappa shape index (κ2) is 3.72. The second-order valence-electron chi connectivity index (χ2n) is 2.29. The minimum atomic E-state index is 0.0222. The van der Waals surface area contributed by atoms with Crippen molar-refractivity contribution in [1.29, 1.82) is 0 Å². The summed E-state index contributed by atoms with van der Waals surface area (Å²) in [7, 11) is 0. The van der Waals surface area contributed by atoms with Crippen LogP contribution in [-0.2, 0) is 0 Å². The zero-order valence-electron chi connectivity index (χ0n) is 5.41. The fraction of sp³-hybridized carbons (Fsp3) is 1.00. The molecule has 1 nitrogen and oxygen atoms in total. The zero-order valence-corrected chi connectivity index (χ0v) is 8.26. The van der Waals surface area contributed by atoms with Crippen molar-refractivity contribution in [3.05, 3.63) is 0 Å². The Balaban J connectivity index is 2.13. The van der Waals surface area contributed by atoms with Crippen molar-refractivity contribution >= 4 is 21.1 Å². The summed E-state index contributed by atoms with van der Waals surface area (Å²) in [6.07, 6.45) is 4.37. The van der Waals surface area contributed by atoms with Crippen molar-refractivity contribution in [2.45, 2.75) is 28.3 Å². The quantitative estimate of drug-likeness (QED) is 0.643. The van der Waals surface area contributed by atoms with Gasteiger partial charge in [0.2, 0.25) is 0 Å². The third-order valence-corrected chi connectivity index (χ3v) is 5.05. The van der Waals surface area contributed by atoms with Gasteiger partial charge in [0, 0.05) is 0 Å². The normalized spacial score (nSPS) is 30.4. The van der Waals surface area contributed by atoms with Crippen LogP contribution < -0.4 is 5.32 Å². The van der Waals surface area contributed by atoms with Crippen LogP contribution in [0.3, 0.4) is 0 Å². The van der Waals surface area contributed by atoms with Gasteiger partial charge in [-0.05, 0) is 0 Å². The van der Waals surface area contributed by atoms with Crippen LogP contribution in [0.15, 0.2) is 0 Å². The number of piperidine rings is 1. The van der Waals surface area contributed by atoms with E-state index in [-0.39, 0.29) is 21.1 Å². The van der Waals surface area contributed by atoms with E-state index in [1.165, 1.54) is 25.8 Å². The van der Waals surface area contributed by atoms with E-state index >= 15 is 0 Å². The van der Waals surface area contributed by atoms with Gasteiger partial charge in [0.05, 0.1) is 0 Å². The molecule has 1 aliphatic rings. The van der Waals surface area contributed by atoms with Gasteiger partial charge >= 0.3 is 61.3 Å². The van der Waals surface area contributed by atoms with Crippen molar-refractivity contribution in [1.82, 2.24) is 5.32 Å². The molecule has 0 aromatic carbocycles. The van der Waals surface area contributed by atoms with E-state index in [0.717, 1.165) is 4.06 Å². The fourth-order valence-electron chi connectivity index (χ4n) is 1.10. The molecule has 0 saturated carbocycles. The minimum absolute atomic E-state index is 0.0222. The molecule has 46 valence electrons. The van der Waals surface area contributed by atoms with E-state index in [2.05, 4.69) is 10.3 Å². The molecule has 1 N–H and O–H groups in total. The molecule has 0 bridgehead atoms. The van der Waals surface area contributed by atoms with E-state index < -0.39 is 0 Å². The molecule has 1 saturated heterocycles. The van der Waals surface area contributed by atoms with Crippen LogP contribution in [0, 0.1) is 0 Å². The molecule has 1 aliphatic heterocycles. The molecule has 2 heteroatoms. The molecular formula is C6H13NSn. The first-order chi connectivity index (χ1) is 3.93. The number of nitrogens with one attached hydrogen (secondary N) is 1. The Morgan fingerprint density at radius 2 is 2.38 bits per heavy atom. The third kappa shape index (κ3) is 1.94. The number of hydrogen-bond donors (Lipinski definition) is 1. The van der Waals surface area contributed by atoms with Gasteiger partial charge in [-0.2, -0.15) is 0 Å². The molecule has 0 aromatic heterocycles. The molecule has 0 spiro atoms. The fourth-order valence-corrected chi connectivity index (χ4v) is 3.50. The second-order valence-corrected chi connectivity index (χ2v) is 5.93. The molecule has 1 fully saturated rings. The Bertz CT molecular complexity index is 59.5. The van der Waals surface area contributed by atoms with E-state index in [1.54, 1.807) is 0 Å². The number of hydrogen-bond acceptors (Lipinski definition) is 1. The average molecular weight is 218 g/mol. The van der Waals surface area contributed by atoms with Gasteiger partial charge in [-0.3, -0.25) is 0 Å². The van der Waals surface area contributed by atoms with Gasteiger partial charge in [-0.25, -0.2) is 0 Å². The van der Waals surface area contributed by atoms with Crippen LogP contribution in [-0.4, -0.2) is 31.7 Å². The van der Waals surface area contributed by atoms with Crippen LogP contribution in [0.2, 0.25) is 4.94 Å². The van der Waals surface area contributed by atoms with Gasteiger partial charge in [0.25, 0.3) is 0 Å². The molecule has 0 amide bonds. The van der Waals surface area contributed by atoms with Crippen LogP contribution >= 0.6 is 0 Å². The van der Waals surface area contributed by atoms with E-state index in [1.807, 2.05) is 0 Å². The van der Waals surface area contributed by atoms with Crippen molar-refractivity contribution in [2.75, 3.05) is 6.54 Å². The Morgan fingerprint density at radius 3 is 2.75 bits per heavy atom. The maximum atomic E-state index is 3.54. The monoisotopic (exact) mass is 219 g/mol. The topological polar surface area (TPSA) is 12.0 Å². The molecule has 1 rings (SSSR count). The molecular weight excluding hydrogens is 205 g/mol. The molecule has 8 heavy (non-hydrogen) atoms. The van der Waals surface area contributed by atoms with Gasteiger partial charge in [-0.1, -0.05) is 0 Å². The summed E-state index contributed by atoms with van der Waals surface area (Å²) in [5.41, 5.74) is 0. The number of rotatable bonds is 1. The Labute approximate surface area is 61.5 Å². The van der Waals surface area contributed by atoms with Crippen molar-refractivity contribution in [3.63, 3.8) is 0 Å². The van der Waals surface area contributed by atoms with Crippen LogP contribution in [0.1, 0.15) is 19.3 Å². The summed E-state index contributed by atoms with van der Waals surface area (Å²) in [5.74, 6) is 0. The predicted octanol–water partition coefficient (Wildman–Crippen LogP) is 0.838. The van der Waals surface area contributed by atoms with Gasteiger partial charge in [0.15, 0.2) is 0 Å². The summed E-state index contributed by atoms with van der Waals surface area (Å²) in [6, 6.07) is 0. The standard InChI is InChI=1S/C5H10N.CH3.Sn/c1-2-4-6-5-3-1;;/h4,6H,1-3,5H2;1H3;. The van der Waals surface area contributed by atoms with E-state index in [0.29, 0.717) is 0 Å². The van der Waals surface area contributed by atoms with Crippen LogP contribution in [0.4, 0.5) is 0 Å². The van der Waals surface area contributed by atoms with E-state index in [4.69, 9.17) is 0 Å². The molecule has 0 aromatic rings. The van der Waals surface area contributed by atoms with Crippen molar-refractivity contribution in [3.8, 4) is 0 Å². The molecule has 1 heterocycles. The maximum absolute atomic E-state index is 3.54. The summed E-state index contributed by atoms with van der Waals surface area (Å²) in [6.45, 7) is 1.29. The van der Waals surface area contributed by atoms with Crippen molar-refractivity contribution < 1.29 is 0 Å². The summed E-state index contributed by atoms with van der Waals surface area (Å²) >= 11 is 0.0222. The van der Waals surface area contributed by atoms with Crippen molar-refractivity contribution in [2.24, 2.45) is 0 Å². The zero-order chi connectivity index (χ0) is 5.82. The van der Waals surface area contributed by atoms with E-state index in [9.17, 15) is 0 Å². The Morgan fingerprint density at radius 1 is 1.50 bits per heavy atom. The average Bonchev–Trinajstić information content (AvgIpc) is 1.90. The summed E-state index contributed by atoms with van der Waals surface area (Å²) in [4.78, 5) is 2.42.